The lowest BCUT2D eigenvalue weighted by Gasteiger charge is -2.28. The Bertz CT molecular complexity index is 1160. The SMILES string of the molecule is CCCCCCCCC(OC(=O)CC)C(CCCCCCCC(=O)OC)OC(=O)CCCCC(=O)OC(CCCCCCCC)C(CCCCCCCC(=O)OC)OC(=O)CC. The highest BCUT2D eigenvalue weighted by Gasteiger charge is 2.30. The van der Waals surface area contributed by atoms with Crippen molar-refractivity contribution in [3.63, 3.8) is 0 Å². The molecule has 12 nitrogen and oxygen atoms in total. The summed E-state index contributed by atoms with van der Waals surface area (Å²) >= 11 is 0. The summed E-state index contributed by atoms with van der Waals surface area (Å²) in [4.78, 5) is 74.6. The molecule has 0 bridgehead atoms. The summed E-state index contributed by atoms with van der Waals surface area (Å²) in [5.74, 6) is -1.78. The number of hydrogen-bond acceptors (Lipinski definition) is 12. The number of rotatable bonds is 43. The zero-order valence-electron chi connectivity index (χ0n) is 40.3. The Balaban J connectivity index is 5.50. The number of carbonyl (C=O) groups excluding carboxylic acids is 6. The predicted molar refractivity (Wildman–Crippen MR) is 243 cm³/mol. The highest BCUT2D eigenvalue weighted by molar-refractivity contribution is 5.72. The molecule has 0 spiro atoms. The molecule has 0 aliphatic rings. The second-order valence-electron chi connectivity index (χ2n) is 16.9. The van der Waals surface area contributed by atoms with Gasteiger partial charge >= 0.3 is 35.8 Å². The van der Waals surface area contributed by atoms with Crippen molar-refractivity contribution in [3.05, 3.63) is 0 Å². The fraction of sp³-hybridized carbons (Fsp3) is 0.880. The van der Waals surface area contributed by atoms with Crippen LogP contribution in [0.15, 0.2) is 0 Å². The lowest BCUT2D eigenvalue weighted by molar-refractivity contribution is -0.170. The number of ether oxygens (including phenoxy) is 6. The van der Waals surface area contributed by atoms with Gasteiger partial charge in [0.2, 0.25) is 0 Å². The van der Waals surface area contributed by atoms with Crippen molar-refractivity contribution >= 4 is 35.8 Å². The molecule has 4 unspecified atom stereocenters. The number of methoxy groups -OCH3 is 2. The minimum atomic E-state index is -0.556. The van der Waals surface area contributed by atoms with Crippen LogP contribution in [0.5, 0.6) is 0 Å². The molecule has 62 heavy (non-hydrogen) atoms. The molecule has 362 valence electrons. The van der Waals surface area contributed by atoms with Gasteiger partial charge in [0, 0.05) is 38.5 Å². The van der Waals surface area contributed by atoms with Crippen LogP contribution in [0, 0.1) is 0 Å². The number of hydrogen-bond donors (Lipinski definition) is 0. The van der Waals surface area contributed by atoms with Gasteiger partial charge in [0.1, 0.15) is 24.4 Å². The second kappa shape index (κ2) is 41.8. The molecule has 0 heterocycles. The first kappa shape index (κ1) is 58.8. The zero-order chi connectivity index (χ0) is 46.1. The summed E-state index contributed by atoms with van der Waals surface area (Å²) < 4.78 is 33.4. The number of unbranched alkanes of at least 4 members (excludes halogenated alkanes) is 19. The molecule has 0 aromatic carbocycles. The van der Waals surface area contributed by atoms with Gasteiger partial charge in [-0.15, -0.1) is 0 Å². The molecule has 0 amide bonds. The van der Waals surface area contributed by atoms with Gasteiger partial charge in [-0.25, -0.2) is 0 Å². The van der Waals surface area contributed by atoms with Crippen LogP contribution < -0.4 is 0 Å². The van der Waals surface area contributed by atoms with Crippen LogP contribution >= 0.6 is 0 Å². The maximum Gasteiger partial charge on any atom is 0.306 e. The summed E-state index contributed by atoms with van der Waals surface area (Å²) in [6.45, 7) is 7.89. The van der Waals surface area contributed by atoms with Gasteiger partial charge in [0.15, 0.2) is 0 Å². The van der Waals surface area contributed by atoms with Crippen LogP contribution in [0.1, 0.15) is 246 Å². The third kappa shape index (κ3) is 34.3. The Morgan fingerprint density at radius 1 is 0.290 bits per heavy atom. The fourth-order valence-corrected chi connectivity index (χ4v) is 7.53. The Hall–Kier alpha value is -3.18. The standard InChI is InChI=1S/C50H90O12/c1-7-11-13-15-19-25-33-41(59-45(51)9-3)44(36-28-22-18-24-30-38-48(54)58-6)62-50(56)40-32-31-39-49(55)61-43(35-26-20-16-14-12-8-2)42(60-46(52)10-4)34-27-21-17-23-29-37-47(53)57-5/h41-44H,7-40H2,1-6H3. The van der Waals surface area contributed by atoms with Gasteiger partial charge in [0.25, 0.3) is 0 Å². The Morgan fingerprint density at radius 2 is 0.516 bits per heavy atom. The summed E-state index contributed by atoms with van der Waals surface area (Å²) in [6.07, 6.45) is 24.4. The first-order valence-electron chi connectivity index (χ1n) is 25.0. The van der Waals surface area contributed by atoms with Gasteiger partial charge in [-0.2, -0.15) is 0 Å². The van der Waals surface area contributed by atoms with Crippen molar-refractivity contribution in [1.82, 2.24) is 0 Å². The largest absolute Gasteiger partial charge is 0.469 e. The van der Waals surface area contributed by atoms with Crippen LogP contribution in [0.3, 0.4) is 0 Å². The quantitative estimate of drug-likeness (QED) is 0.0325. The maximum atomic E-state index is 13.3. The van der Waals surface area contributed by atoms with Crippen LogP contribution in [-0.4, -0.2) is 74.5 Å². The van der Waals surface area contributed by atoms with Crippen molar-refractivity contribution in [3.8, 4) is 0 Å². The molecule has 12 heteroatoms. The van der Waals surface area contributed by atoms with Crippen molar-refractivity contribution in [2.75, 3.05) is 14.2 Å². The van der Waals surface area contributed by atoms with Gasteiger partial charge in [0.05, 0.1) is 14.2 Å². The molecule has 4 atom stereocenters. The maximum absolute atomic E-state index is 13.3. The summed E-state index contributed by atoms with van der Waals surface area (Å²) in [5, 5.41) is 0. The van der Waals surface area contributed by atoms with E-state index in [0.29, 0.717) is 51.4 Å². The van der Waals surface area contributed by atoms with E-state index in [1.807, 2.05) is 0 Å². The minimum absolute atomic E-state index is 0.125. The van der Waals surface area contributed by atoms with E-state index in [-0.39, 0.29) is 61.5 Å². The van der Waals surface area contributed by atoms with Crippen LogP contribution in [-0.2, 0) is 57.2 Å². The molecule has 0 saturated carbocycles. The lowest BCUT2D eigenvalue weighted by atomic mass is 9.99. The van der Waals surface area contributed by atoms with Gasteiger partial charge < -0.3 is 28.4 Å². The van der Waals surface area contributed by atoms with Crippen molar-refractivity contribution < 1.29 is 57.2 Å². The molecule has 0 aromatic rings. The average molecular weight is 883 g/mol. The minimum Gasteiger partial charge on any atom is -0.469 e. The smallest absolute Gasteiger partial charge is 0.306 e. The summed E-state index contributed by atoms with van der Waals surface area (Å²) in [6, 6.07) is 0. The summed E-state index contributed by atoms with van der Waals surface area (Å²) in [5.41, 5.74) is 0. The molecule has 0 radical (unpaired) electrons. The van der Waals surface area contributed by atoms with E-state index in [2.05, 4.69) is 13.8 Å². The van der Waals surface area contributed by atoms with E-state index < -0.39 is 24.4 Å². The van der Waals surface area contributed by atoms with Crippen molar-refractivity contribution in [1.29, 1.82) is 0 Å². The van der Waals surface area contributed by atoms with Crippen LogP contribution in [0.25, 0.3) is 0 Å². The molecular weight excluding hydrogens is 793 g/mol. The van der Waals surface area contributed by atoms with Crippen molar-refractivity contribution in [2.45, 2.75) is 270 Å². The predicted octanol–water partition coefficient (Wildman–Crippen LogP) is 12.3. The molecule has 0 aliphatic carbocycles. The highest BCUT2D eigenvalue weighted by Crippen LogP contribution is 2.24. The van der Waals surface area contributed by atoms with Crippen molar-refractivity contribution in [2.24, 2.45) is 0 Å². The Labute approximate surface area is 376 Å². The van der Waals surface area contributed by atoms with Gasteiger partial charge in [-0.05, 0) is 77.0 Å². The molecule has 0 N–H and O–H groups in total. The molecule has 0 aliphatic heterocycles. The number of esters is 6. The lowest BCUT2D eigenvalue weighted by Crippen LogP contribution is -2.35. The van der Waals surface area contributed by atoms with Gasteiger partial charge in [-0.1, -0.05) is 130 Å². The average Bonchev–Trinajstić information content (AvgIpc) is 3.27. The normalized spacial score (nSPS) is 13.1. The van der Waals surface area contributed by atoms with E-state index in [9.17, 15) is 28.8 Å². The Morgan fingerprint density at radius 3 is 0.790 bits per heavy atom. The van der Waals surface area contributed by atoms with Crippen LogP contribution in [0.2, 0.25) is 0 Å². The molecule has 0 rings (SSSR count). The first-order valence-corrected chi connectivity index (χ1v) is 25.0. The third-order valence-corrected chi connectivity index (χ3v) is 11.4. The summed E-state index contributed by atoms with van der Waals surface area (Å²) in [7, 11) is 2.79. The van der Waals surface area contributed by atoms with Gasteiger partial charge in [-0.3, -0.25) is 28.8 Å². The third-order valence-electron chi connectivity index (χ3n) is 11.4. The Kier molecular flexibility index (Phi) is 39.7. The fourth-order valence-electron chi connectivity index (χ4n) is 7.53. The topological polar surface area (TPSA) is 158 Å². The van der Waals surface area contributed by atoms with Crippen LogP contribution in [0.4, 0.5) is 0 Å². The van der Waals surface area contributed by atoms with E-state index in [1.165, 1.54) is 39.9 Å². The second-order valence-corrected chi connectivity index (χ2v) is 16.9. The molecule has 0 fully saturated rings. The molecule has 0 aromatic heterocycles. The van der Waals surface area contributed by atoms with E-state index in [4.69, 9.17) is 28.4 Å². The molecule has 0 saturated heterocycles. The van der Waals surface area contributed by atoms with E-state index in [1.54, 1.807) is 13.8 Å². The monoisotopic (exact) mass is 883 g/mol. The zero-order valence-corrected chi connectivity index (χ0v) is 40.3. The molecular formula is C50H90O12. The first-order chi connectivity index (χ1) is 30.0. The van der Waals surface area contributed by atoms with E-state index in [0.717, 1.165) is 116 Å². The highest BCUT2D eigenvalue weighted by atomic mass is 16.6. The number of carbonyl (C=O) groups is 6. The van der Waals surface area contributed by atoms with E-state index >= 15 is 0 Å².